The first kappa shape index (κ1) is 22.8. The van der Waals surface area contributed by atoms with Crippen LogP contribution in [0.5, 0.6) is 0 Å². The maximum atomic E-state index is 13.6. The van der Waals surface area contributed by atoms with Gasteiger partial charge in [-0.05, 0) is 47.5 Å². The Kier molecular flexibility index (Phi) is 6.19. The molecule has 0 unspecified atom stereocenters. The van der Waals surface area contributed by atoms with Gasteiger partial charge in [-0.2, -0.15) is 10.1 Å². The Morgan fingerprint density at radius 3 is 1.65 bits per heavy atom. The number of amides is 1. The quantitative estimate of drug-likeness (QED) is 0.568. The summed E-state index contributed by atoms with van der Waals surface area (Å²) >= 11 is 0. The number of aliphatic carboxylic acids is 1. The molecular formula is C27H26N4O3. The van der Waals surface area contributed by atoms with Gasteiger partial charge >= 0.3 is 5.97 Å². The summed E-state index contributed by atoms with van der Waals surface area (Å²) in [6, 6.07) is 24.2. The molecule has 0 spiro atoms. The van der Waals surface area contributed by atoms with Crippen LogP contribution in [-0.4, -0.2) is 50.9 Å². The van der Waals surface area contributed by atoms with Crippen LogP contribution < -0.4 is 14.8 Å². The third-order valence-electron chi connectivity index (χ3n) is 5.64. The highest BCUT2D eigenvalue weighted by Crippen LogP contribution is 2.35. The smallest absolute Gasteiger partial charge is 0.357 e. The number of hydrogen-bond acceptors (Lipinski definition) is 5. The first-order chi connectivity index (χ1) is 16.3. The van der Waals surface area contributed by atoms with E-state index in [0.717, 1.165) is 27.5 Å². The molecule has 1 aliphatic heterocycles. The summed E-state index contributed by atoms with van der Waals surface area (Å²) in [5.41, 5.74) is 4.26. The van der Waals surface area contributed by atoms with Gasteiger partial charge in [0.05, 0.1) is 11.3 Å². The zero-order chi connectivity index (χ0) is 24.4. The summed E-state index contributed by atoms with van der Waals surface area (Å²) in [4.78, 5) is 29.8. The molecule has 1 aliphatic rings. The van der Waals surface area contributed by atoms with Crippen molar-refractivity contribution in [1.82, 2.24) is 0 Å². The van der Waals surface area contributed by atoms with E-state index >= 15 is 0 Å². The molecule has 3 aromatic carbocycles. The molecule has 0 aromatic heterocycles. The summed E-state index contributed by atoms with van der Waals surface area (Å²) in [6.07, 6.45) is 0. The van der Waals surface area contributed by atoms with Crippen molar-refractivity contribution in [2.75, 3.05) is 43.0 Å². The average molecular weight is 455 g/mol. The predicted octanol–water partition coefficient (Wildman–Crippen LogP) is 4.11. The fourth-order valence-corrected chi connectivity index (χ4v) is 3.83. The Labute approximate surface area is 198 Å². The number of hydrazone groups is 1. The Hall–Kier alpha value is -4.39. The van der Waals surface area contributed by atoms with Crippen molar-refractivity contribution in [2.45, 2.75) is 0 Å². The van der Waals surface area contributed by atoms with Gasteiger partial charge in [-0.1, -0.05) is 42.5 Å². The highest BCUT2D eigenvalue weighted by atomic mass is 16.4. The van der Waals surface area contributed by atoms with Gasteiger partial charge in [-0.25, -0.2) is 4.79 Å². The summed E-state index contributed by atoms with van der Waals surface area (Å²) < 4.78 is 0. The van der Waals surface area contributed by atoms with Crippen molar-refractivity contribution in [2.24, 2.45) is 5.10 Å². The van der Waals surface area contributed by atoms with Crippen LogP contribution in [0.25, 0.3) is 5.57 Å². The average Bonchev–Trinajstić information content (AvgIpc) is 3.17. The molecule has 0 saturated carbocycles. The van der Waals surface area contributed by atoms with E-state index in [9.17, 15) is 14.7 Å². The lowest BCUT2D eigenvalue weighted by Crippen LogP contribution is -2.23. The molecule has 0 atom stereocenters. The molecule has 4 rings (SSSR count). The monoisotopic (exact) mass is 454 g/mol. The normalized spacial score (nSPS) is 13.1. The van der Waals surface area contributed by atoms with E-state index in [0.29, 0.717) is 11.3 Å². The molecule has 3 aromatic rings. The van der Waals surface area contributed by atoms with Crippen LogP contribution in [0.15, 0.2) is 89.5 Å². The minimum absolute atomic E-state index is 0.0616. The predicted molar refractivity (Wildman–Crippen MR) is 137 cm³/mol. The van der Waals surface area contributed by atoms with Crippen LogP contribution in [0.1, 0.15) is 11.1 Å². The summed E-state index contributed by atoms with van der Waals surface area (Å²) in [5.74, 6) is -1.74. The van der Waals surface area contributed by atoms with Gasteiger partial charge in [-0.3, -0.25) is 4.79 Å². The molecule has 0 fully saturated rings. The third kappa shape index (κ3) is 4.28. The Bertz CT molecular complexity index is 1220. The third-order valence-corrected chi connectivity index (χ3v) is 5.64. The van der Waals surface area contributed by atoms with Crippen LogP contribution in [0, 0.1) is 0 Å². The van der Waals surface area contributed by atoms with Gasteiger partial charge in [0, 0.05) is 45.1 Å². The number of rotatable bonds is 6. The molecular weight excluding hydrogens is 428 g/mol. The minimum atomic E-state index is -1.26. The molecule has 0 saturated heterocycles. The number of benzene rings is 3. The van der Waals surface area contributed by atoms with E-state index in [4.69, 9.17) is 0 Å². The molecule has 1 amide bonds. The number of hydrogen-bond donors (Lipinski definition) is 1. The molecule has 0 aliphatic carbocycles. The van der Waals surface area contributed by atoms with Gasteiger partial charge in [0.25, 0.3) is 5.91 Å². The molecule has 7 heteroatoms. The highest BCUT2D eigenvalue weighted by Gasteiger charge is 2.38. The van der Waals surface area contributed by atoms with Crippen LogP contribution in [0.2, 0.25) is 0 Å². The summed E-state index contributed by atoms with van der Waals surface area (Å²) in [7, 11) is 7.78. The first-order valence-electron chi connectivity index (χ1n) is 10.8. The van der Waals surface area contributed by atoms with Crippen molar-refractivity contribution < 1.29 is 14.7 Å². The SMILES string of the molecule is CN(C)c1ccc(C(=C2C(=O)N(c3ccccc3)N=C2C(=O)O)c2ccc(N(C)C)cc2)cc1. The minimum Gasteiger partial charge on any atom is -0.476 e. The molecule has 0 radical (unpaired) electrons. The largest absolute Gasteiger partial charge is 0.476 e. The van der Waals surface area contributed by atoms with Crippen LogP contribution in [0.4, 0.5) is 17.1 Å². The molecule has 1 heterocycles. The second-order valence-electron chi connectivity index (χ2n) is 8.34. The molecule has 172 valence electrons. The van der Waals surface area contributed by atoms with Gasteiger partial charge < -0.3 is 14.9 Å². The van der Waals surface area contributed by atoms with Gasteiger partial charge in [0.2, 0.25) is 0 Å². The van der Waals surface area contributed by atoms with E-state index in [-0.39, 0.29) is 11.3 Å². The number of para-hydroxylation sites is 1. The molecule has 7 nitrogen and oxygen atoms in total. The lowest BCUT2D eigenvalue weighted by atomic mass is 9.90. The zero-order valence-electron chi connectivity index (χ0n) is 19.6. The second kappa shape index (κ2) is 9.23. The van der Waals surface area contributed by atoms with Crippen LogP contribution in [-0.2, 0) is 9.59 Å². The first-order valence-corrected chi connectivity index (χ1v) is 10.8. The molecule has 0 bridgehead atoms. The van der Waals surface area contributed by atoms with Crippen molar-refractivity contribution in [1.29, 1.82) is 0 Å². The second-order valence-corrected chi connectivity index (χ2v) is 8.34. The standard InChI is InChI=1S/C27H26N4O3/c1-29(2)20-14-10-18(11-15-20)23(19-12-16-21(17-13-19)30(3)4)24-25(27(33)34)28-31(26(24)32)22-8-6-5-7-9-22/h5-17H,1-4H3,(H,33,34). The maximum Gasteiger partial charge on any atom is 0.357 e. The Morgan fingerprint density at radius 2 is 1.24 bits per heavy atom. The van der Waals surface area contributed by atoms with E-state index < -0.39 is 11.9 Å². The summed E-state index contributed by atoms with van der Waals surface area (Å²) in [6.45, 7) is 0. The lowest BCUT2D eigenvalue weighted by Gasteiger charge is -2.18. The molecule has 34 heavy (non-hydrogen) atoms. The van der Waals surface area contributed by atoms with Gasteiger partial charge in [0.15, 0.2) is 5.71 Å². The van der Waals surface area contributed by atoms with Crippen molar-refractivity contribution in [3.05, 3.63) is 95.6 Å². The number of carboxylic acid groups (broad SMARTS) is 1. The zero-order valence-corrected chi connectivity index (χ0v) is 19.6. The number of anilines is 3. The number of carboxylic acids is 1. The van der Waals surface area contributed by atoms with E-state index in [1.807, 2.05) is 92.6 Å². The van der Waals surface area contributed by atoms with Crippen LogP contribution in [0.3, 0.4) is 0 Å². The van der Waals surface area contributed by atoms with Crippen molar-refractivity contribution in [3.8, 4) is 0 Å². The van der Waals surface area contributed by atoms with E-state index in [1.165, 1.54) is 0 Å². The fraction of sp³-hybridized carbons (Fsp3) is 0.148. The molecule has 1 N–H and O–H groups in total. The number of carbonyl (C=O) groups is 2. The van der Waals surface area contributed by atoms with E-state index in [1.54, 1.807) is 24.3 Å². The summed E-state index contributed by atoms with van der Waals surface area (Å²) in [5, 5.41) is 15.3. The van der Waals surface area contributed by atoms with Crippen molar-refractivity contribution in [3.63, 3.8) is 0 Å². The Morgan fingerprint density at radius 1 is 0.765 bits per heavy atom. The lowest BCUT2D eigenvalue weighted by molar-refractivity contribution is -0.129. The van der Waals surface area contributed by atoms with Crippen LogP contribution >= 0.6 is 0 Å². The fourth-order valence-electron chi connectivity index (χ4n) is 3.83. The topological polar surface area (TPSA) is 76.5 Å². The maximum absolute atomic E-state index is 13.6. The Balaban J connectivity index is 1.95. The van der Waals surface area contributed by atoms with Gasteiger partial charge in [0.1, 0.15) is 0 Å². The number of carbonyl (C=O) groups excluding carboxylic acids is 1. The number of nitrogens with zero attached hydrogens (tertiary/aromatic N) is 4. The van der Waals surface area contributed by atoms with E-state index in [2.05, 4.69) is 5.10 Å². The van der Waals surface area contributed by atoms with Crippen molar-refractivity contribution >= 4 is 40.2 Å². The van der Waals surface area contributed by atoms with Gasteiger partial charge in [-0.15, -0.1) is 0 Å². The highest BCUT2D eigenvalue weighted by molar-refractivity contribution is 6.54.